The highest BCUT2D eigenvalue weighted by Crippen LogP contribution is 2.24. The number of nitrogens with zero attached hydrogens (tertiary/aromatic N) is 1. The van der Waals surface area contributed by atoms with Crippen molar-refractivity contribution < 1.29 is 9.59 Å². The van der Waals surface area contributed by atoms with Crippen molar-refractivity contribution in [2.45, 2.75) is 39.4 Å². The SMILES string of the molecule is CC(=O)NC(C)Cc1ccc(C#Cc2cccc(C(=O)N3Cc4ccccc4C3)c2)cc1. The third kappa shape index (κ3) is 5.25. The van der Waals surface area contributed by atoms with Gasteiger partial charge in [-0.15, -0.1) is 0 Å². The average molecular weight is 423 g/mol. The van der Waals surface area contributed by atoms with Crippen LogP contribution in [0.25, 0.3) is 0 Å². The molecule has 0 aliphatic carbocycles. The van der Waals surface area contributed by atoms with Crippen LogP contribution in [0.2, 0.25) is 0 Å². The normalized spacial score (nSPS) is 13.0. The summed E-state index contributed by atoms with van der Waals surface area (Å²) >= 11 is 0. The first-order valence-corrected chi connectivity index (χ1v) is 10.8. The molecule has 1 atom stereocenters. The first-order valence-electron chi connectivity index (χ1n) is 10.8. The van der Waals surface area contributed by atoms with Gasteiger partial charge in [0, 0.05) is 42.7 Å². The molecule has 3 aromatic rings. The minimum absolute atomic E-state index is 0.0185. The predicted molar refractivity (Wildman–Crippen MR) is 126 cm³/mol. The number of hydrogen-bond acceptors (Lipinski definition) is 2. The summed E-state index contributed by atoms with van der Waals surface area (Å²) in [6, 6.07) is 23.8. The molecule has 3 aromatic carbocycles. The third-order valence-corrected chi connectivity index (χ3v) is 5.53. The van der Waals surface area contributed by atoms with E-state index in [1.165, 1.54) is 18.1 Å². The lowest BCUT2D eigenvalue weighted by Crippen LogP contribution is -2.31. The van der Waals surface area contributed by atoms with E-state index < -0.39 is 0 Å². The van der Waals surface area contributed by atoms with E-state index in [1.54, 1.807) is 0 Å². The van der Waals surface area contributed by atoms with Crippen LogP contribution in [0.5, 0.6) is 0 Å². The molecule has 1 aliphatic heterocycles. The highest BCUT2D eigenvalue weighted by molar-refractivity contribution is 5.95. The molecule has 2 amide bonds. The number of fused-ring (bicyclic) bond motifs is 1. The topological polar surface area (TPSA) is 49.4 Å². The molecule has 1 N–H and O–H groups in total. The molecule has 4 nitrogen and oxygen atoms in total. The zero-order valence-electron chi connectivity index (χ0n) is 18.4. The lowest BCUT2D eigenvalue weighted by atomic mass is 10.0. The summed E-state index contributed by atoms with van der Waals surface area (Å²) in [5.74, 6) is 6.36. The van der Waals surface area contributed by atoms with E-state index in [0.717, 1.165) is 23.1 Å². The van der Waals surface area contributed by atoms with Gasteiger partial charge in [-0.3, -0.25) is 9.59 Å². The number of amides is 2. The summed E-state index contributed by atoms with van der Waals surface area (Å²) < 4.78 is 0. The highest BCUT2D eigenvalue weighted by atomic mass is 16.2. The molecule has 0 spiro atoms. The second-order valence-electron chi connectivity index (χ2n) is 8.26. The van der Waals surface area contributed by atoms with Crippen LogP contribution in [0.1, 0.15) is 52.0 Å². The van der Waals surface area contributed by atoms with Crippen molar-refractivity contribution in [1.82, 2.24) is 10.2 Å². The fraction of sp³-hybridized carbons (Fsp3) is 0.214. The maximum Gasteiger partial charge on any atom is 0.254 e. The van der Waals surface area contributed by atoms with Gasteiger partial charge in [-0.25, -0.2) is 0 Å². The van der Waals surface area contributed by atoms with Crippen LogP contribution >= 0.6 is 0 Å². The highest BCUT2D eigenvalue weighted by Gasteiger charge is 2.23. The van der Waals surface area contributed by atoms with Gasteiger partial charge in [0.25, 0.3) is 5.91 Å². The Morgan fingerprint density at radius 3 is 2.22 bits per heavy atom. The smallest absolute Gasteiger partial charge is 0.254 e. The molecule has 1 aliphatic rings. The number of hydrogen-bond donors (Lipinski definition) is 1. The molecule has 0 saturated heterocycles. The molecule has 4 heteroatoms. The third-order valence-electron chi connectivity index (χ3n) is 5.53. The van der Waals surface area contributed by atoms with Crippen LogP contribution in [0.3, 0.4) is 0 Å². The zero-order valence-corrected chi connectivity index (χ0v) is 18.4. The monoisotopic (exact) mass is 422 g/mol. The molecule has 0 radical (unpaired) electrons. The van der Waals surface area contributed by atoms with Crippen molar-refractivity contribution in [3.63, 3.8) is 0 Å². The van der Waals surface area contributed by atoms with Gasteiger partial charge in [0.1, 0.15) is 0 Å². The summed E-state index contributed by atoms with van der Waals surface area (Å²) in [4.78, 5) is 26.0. The zero-order chi connectivity index (χ0) is 22.5. The second kappa shape index (κ2) is 9.53. The Morgan fingerprint density at radius 1 is 0.906 bits per heavy atom. The molecular weight excluding hydrogens is 396 g/mol. The van der Waals surface area contributed by atoms with Gasteiger partial charge in [0.05, 0.1) is 0 Å². The molecule has 1 heterocycles. The van der Waals surface area contributed by atoms with Crippen LogP contribution in [-0.2, 0) is 24.3 Å². The predicted octanol–water partition coefficient (Wildman–Crippen LogP) is 4.31. The number of carbonyl (C=O) groups is 2. The van der Waals surface area contributed by atoms with E-state index >= 15 is 0 Å². The van der Waals surface area contributed by atoms with E-state index in [-0.39, 0.29) is 17.9 Å². The summed E-state index contributed by atoms with van der Waals surface area (Å²) in [5.41, 5.74) is 5.96. The fourth-order valence-electron chi connectivity index (χ4n) is 4.01. The minimum atomic E-state index is -0.0185. The van der Waals surface area contributed by atoms with Crippen LogP contribution in [-0.4, -0.2) is 22.8 Å². The van der Waals surface area contributed by atoms with E-state index in [2.05, 4.69) is 29.3 Å². The van der Waals surface area contributed by atoms with Crippen LogP contribution in [0.4, 0.5) is 0 Å². The first-order chi connectivity index (χ1) is 15.5. The molecule has 0 aromatic heterocycles. The van der Waals surface area contributed by atoms with Crippen molar-refractivity contribution in [3.05, 3.63) is 106 Å². The van der Waals surface area contributed by atoms with E-state index in [0.29, 0.717) is 18.7 Å². The Kier molecular flexibility index (Phi) is 6.37. The lowest BCUT2D eigenvalue weighted by Gasteiger charge is -2.15. The van der Waals surface area contributed by atoms with Gasteiger partial charge in [0.15, 0.2) is 0 Å². The van der Waals surface area contributed by atoms with Gasteiger partial charge < -0.3 is 10.2 Å². The van der Waals surface area contributed by atoms with Crippen LogP contribution < -0.4 is 5.32 Å². The number of benzene rings is 3. The van der Waals surface area contributed by atoms with Crippen LogP contribution in [0.15, 0.2) is 72.8 Å². The summed E-state index contributed by atoms with van der Waals surface area (Å²) in [6.07, 6.45) is 0.776. The lowest BCUT2D eigenvalue weighted by molar-refractivity contribution is -0.119. The molecule has 32 heavy (non-hydrogen) atoms. The van der Waals surface area contributed by atoms with E-state index in [9.17, 15) is 9.59 Å². The number of carbonyl (C=O) groups excluding carboxylic acids is 2. The Morgan fingerprint density at radius 2 is 1.56 bits per heavy atom. The number of rotatable bonds is 4. The molecule has 0 saturated carbocycles. The Labute approximate surface area is 189 Å². The van der Waals surface area contributed by atoms with Gasteiger partial charge in [-0.1, -0.05) is 54.3 Å². The largest absolute Gasteiger partial charge is 0.354 e. The summed E-state index contributed by atoms with van der Waals surface area (Å²) in [7, 11) is 0. The van der Waals surface area contributed by atoms with Crippen molar-refractivity contribution in [3.8, 4) is 11.8 Å². The molecule has 160 valence electrons. The van der Waals surface area contributed by atoms with Crippen molar-refractivity contribution in [2.75, 3.05) is 0 Å². The van der Waals surface area contributed by atoms with Gasteiger partial charge in [-0.2, -0.15) is 0 Å². The Hall–Kier alpha value is -3.84. The van der Waals surface area contributed by atoms with Crippen molar-refractivity contribution in [2.24, 2.45) is 0 Å². The summed E-state index contributed by atoms with van der Waals surface area (Å²) in [5, 5.41) is 2.89. The quantitative estimate of drug-likeness (QED) is 0.637. The van der Waals surface area contributed by atoms with Gasteiger partial charge >= 0.3 is 0 Å². The van der Waals surface area contributed by atoms with E-state index in [4.69, 9.17) is 0 Å². The molecule has 1 unspecified atom stereocenters. The average Bonchev–Trinajstić information content (AvgIpc) is 3.22. The maximum absolute atomic E-state index is 13.0. The van der Waals surface area contributed by atoms with Crippen molar-refractivity contribution in [1.29, 1.82) is 0 Å². The van der Waals surface area contributed by atoms with Crippen LogP contribution in [0, 0.1) is 11.8 Å². The first kappa shape index (κ1) is 21.4. The Bertz CT molecular complexity index is 1180. The molecule has 0 fully saturated rings. The molecular formula is C28H26N2O2. The number of nitrogens with one attached hydrogen (secondary N) is 1. The maximum atomic E-state index is 13.0. The molecule has 4 rings (SSSR count). The fourth-order valence-corrected chi connectivity index (χ4v) is 4.01. The van der Waals surface area contributed by atoms with E-state index in [1.807, 2.05) is 72.5 Å². The minimum Gasteiger partial charge on any atom is -0.354 e. The standard InChI is InChI=1S/C28H26N2O2/c1-20(29-21(2)31)16-24-14-11-22(12-15-24)10-13-23-6-5-9-25(17-23)28(32)30-18-26-7-3-4-8-27(26)19-30/h3-9,11-12,14-15,17,20H,16,18-19H2,1-2H3,(H,29,31). The summed E-state index contributed by atoms with van der Waals surface area (Å²) in [6.45, 7) is 4.82. The van der Waals surface area contributed by atoms with Crippen molar-refractivity contribution >= 4 is 11.8 Å². The van der Waals surface area contributed by atoms with Gasteiger partial charge in [0.2, 0.25) is 5.91 Å². The molecule has 0 bridgehead atoms. The Balaban J connectivity index is 1.42. The second-order valence-corrected chi connectivity index (χ2v) is 8.26. The van der Waals surface area contributed by atoms with Gasteiger partial charge in [-0.05, 0) is 60.4 Å².